The quantitative estimate of drug-likeness (QED) is 0.249. The fourth-order valence-corrected chi connectivity index (χ4v) is 3.38. The molecule has 0 aliphatic carbocycles. The van der Waals surface area contributed by atoms with E-state index in [1.54, 1.807) is 19.2 Å². The summed E-state index contributed by atoms with van der Waals surface area (Å²) >= 11 is 0. The average Bonchev–Trinajstić information content (AvgIpc) is 2.91. The van der Waals surface area contributed by atoms with Gasteiger partial charge in [0.2, 0.25) is 11.8 Å². The van der Waals surface area contributed by atoms with Gasteiger partial charge < -0.3 is 15.4 Å². The van der Waals surface area contributed by atoms with Crippen LogP contribution >= 0.6 is 0 Å². The van der Waals surface area contributed by atoms with E-state index < -0.39 is 35.9 Å². The Labute approximate surface area is 222 Å². The molecular formula is C28H23F2N5O4. The Balaban J connectivity index is 1.32. The molecule has 0 fully saturated rings. The number of hydrogen-bond acceptors (Lipinski definition) is 5. The number of rotatable bonds is 8. The first-order valence-corrected chi connectivity index (χ1v) is 11.7. The fourth-order valence-electron chi connectivity index (χ4n) is 3.38. The molecule has 0 spiro atoms. The van der Waals surface area contributed by atoms with E-state index in [4.69, 9.17) is 4.74 Å². The van der Waals surface area contributed by atoms with Gasteiger partial charge in [0, 0.05) is 42.4 Å². The predicted molar refractivity (Wildman–Crippen MR) is 143 cm³/mol. The molecule has 1 heterocycles. The number of anilines is 4. The Bertz CT molecular complexity index is 1480. The normalized spacial score (nSPS) is 10.3. The number of urea groups is 1. The summed E-state index contributed by atoms with van der Waals surface area (Å²) in [6, 6.07) is 20.4. The maximum absolute atomic E-state index is 14.7. The molecule has 3 N–H and O–H groups in total. The van der Waals surface area contributed by atoms with Gasteiger partial charge in [-0.05, 0) is 54.6 Å². The minimum Gasteiger partial charge on any atom is -0.454 e. The van der Waals surface area contributed by atoms with E-state index in [0.29, 0.717) is 11.4 Å². The maximum Gasteiger partial charge on any atom is 0.327 e. The van der Waals surface area contributed by atoms with Crippen LogP contribution in [0.3, 0.4) is 0 Å². The number of hydrogen-bond donors (Lipinski definition) is 3. The van der Waals surface area contributed by atoms with Crippen molar-refractivity contribution in [2.45, 2.75) is 6.42 Å². The van der Waals surface area contributed by atoms with Gasteiger partial charge in [0.1, 0.15) is 23.8 Å². The van der Waals surface area contributed by atoms with Crippen molar-refractivity contribution < 1.29 is 27.9 Å². The number of para-hydroxylation sites is 1. The number of halogens is 2. The Hall–Kier alpha value is -5.32. The zero-order valence-electron chi connectivity index (χ0n) is 20.7. The zero-order valence-corrected chi connectivity index (χ0v) is 20.7. The lowest BCUT2D eigenvalue weighted by Gasteiger charge is -2.17. The van der Waals surface area contributed by atoms with Crippen LogP contribution < -0.4 is 25.6 Å². The summed E-state index contributed by atoms with van der Waals surface area (Å²) in [5.41, 5.74) is 1.14. The number of carbonyl (C=O) groups is 3. The molecule has 0 atom stereocenters. The minimum absolute atomic E-state index is 0.117. The monoisotopic (exact) mass is 531 g/mol. The number of nitrogens with one attached hydrogen (secondary N) is 3. The summed E-state index contributed by atoms with van der Waals surface area (Å²) in [6.45, 7) is 0. The first-order chi connectivity index (χ1) is 18.8. The van der Waals surface area contributed by atoms with Crippen LogP contribution in [0, 0.1) is 11.6 Å². The number of pyridine rings is 1. The van der Waals surface area contributed by atoms with Gasteiger partial charge in [0.25, 0.3) is 0 Å². The average molecular weight is 532 g/mol. The molecule has 9 nitrogen and oxygen atoms in total. The molecule has 0 unspecified atom stereocenters. The standard InChI is InChI=1S/C28H23F2N5O4/c1-35(21-5-3-2-4-6-21)28(38)34-25-16-22(13-14-31-25)39-24-12-11-20(15-23(24)30)33-27(37)17-26(36)32-19-9-7-18(29)8-10-19/h2-16H,17H2,1H3,(H,32,36)(H,33,37)(H,31,34,38). The van der Waals surface area contributed by atoms with Crippen LogP contribution in [0.4, 0.5) is 36.5 Å². The zero-order chi connectivity index (χ0) is 27.8. The van der Waals surface area contributed by atoms with Crippen LogP contribution in [0.5, 0.6) is 11.5 Å². The highest BCUT2D eigenvalue weighted by Crippen LogP contribution is 2.28. The summed E-state index contributed by atoms with van der Waals surface area (Å²) in [5.74, 6) is -2.23. The lowest BCUT2D eigenvalue weighted by atomic mass is 10.2. The third-order valence-corrected chi connectivity index (χ3v) is 5.31. The van der Waals surface area contributed by atoms with Crippen molar-refractivity contribution >= 4 is 40.7 Å². The molecule has 11 heteroatoms. The van der Waals surface area contributed by atoms with Gasteiger partial charge >= 0.3 is 6.03 Å². The molecule has 0 aliphatic rings. The third-order valence-electron chi connectivity index (χ3n) is 5.31. The number of aromatic nitrogens is 1. The SMILES string of the molecule is CN(C(=O)Nc1cc(Oc2ccc(NC(=O)CC(=O)Nc3ccc(F)cc3)cc2F)ccn1)c1ccccc1. The third kappa shape index (κ3) is 7.59. The lowest BCUT2D eigenvalue weighted by Crippen LogP contribution is -2.31. The highest BCUT2D eigenvalue weighted by molar-refractivity contribution is 6.08. The van der Waals surface area contributed by atoms with Crippen molar-refractivity contribution in [3.63, 3.8) is 0 Å². The van der Waals surface area contributed by atoms with Gasteiger partial charge in [-0.15, -0.1) is 0 Å². The second-order valence-corrected chi connectivity index (χ2v) is 8.23. The largest absolute Gasteiger partial charge is 0.454 e. The number of amides is 4. The van der Waals surface area contributed by atoms with Crippen molar-refractivity contribution in [3.05, 3.63) is 103 Å². The Kier molecular flexibility index (Phi) is 8.42. The van der Waals surface area contributed by atoms with E-state index in [2.05, 4.69) is 20.9 Å². The Morgan fingerprint density at radius 1 is 0.821 bits per heavy atom. The molecule has 4 aromatic rings. The van der Waals surface area contributed by atoms with Gasteiger partial charge in [0.05, 0.1) is 0 Å². The smallest absolute Gasteiger partial charge is 0.327 e. The molecule has 39 heavy (non-hydrogen) atoms. The van der Waals surface area contributed by atoms with Crippen molar-refractivity contribution in [1.29, 1.82) is 0 Å². The molecular weight excluding hydrogens is 508 g/mol. The van der Waals surface area contributed by atoms with Crippen LogP contribution in [-0.4, -0.2) is 29.9 Å². The number of nitrogens with zero attached hydrogens (tertiary/aromatic N) is 2. The second-order valence-electron chi connectivity index (χ2n) is 8.23. The van der Waals surface area contributed by atoms with E-state index in [9.17, 15) is 23.2 Å². The maximum atomic E-state index is 14.7. The Morgan fingerprint density at radius 3 is 2.18 bits per heavy atom. The minimum atomic E-state index is -0.769. The number of benzene rings is 3. The van der Waals surface area contributed by atoms with Gasteiger partial charge in [0.15, 0.2) is 11.6 Å². The van der Waals surface area contributed by atoms with Crippen molar-refractivity contribution in [1.82, 2.24) is 4.98 Å². The topological polar surface area (TPSA) is 113 Å². The molecule has 0 saturated carbocycles. The van der Waals surface area contributed by atoms with E-state index in [1.807, 2.05) is 18.2 Å². The number of carbonyl (C=O) groups excluding carboxylic acids is 3. The summed E-state index contributed by atoms with van der Waals surface area (Å²) in [4.78, 5) is 42.3. The van der Waals surface area contributed by atoms with E-state index in [1.165, 1.54) is 59.6 Å². The van der Waals surface area contributed by atoms with Gasteiger partial charge in [-0.2, -0.15) is 0 Å². The molecule has 4 rings (SSSR count). The molecule has 4 amide bonds. The highest BCUT2D eigenvalue weighted by Gasteiger charge is 2.14. The lowest BCUT2D eigenvalue weighted by molar-refractivity contribution is -0.123. The van der Waals surface area contributed by atoms with Gasteiger partial charge in [-0.3, -0.25) is 19.8 Å². The molecule has 1 aromatic heterocycles. The summed E-state index contributed by atoms with van der Waals surface area (Å²) in [6.07, 6.45) is 0.874. The van der Waals surface area contributed by atoms with Crippen molar-refractivity contribution in [2.75, 3.05) is 27.9 Å². The molecule has 0 radical (unpaired) electrons. The predicted octanol–water partition coefficient (Wildman–Crippen LogP) is 5.79. The van der Waals surface area contributed by atoms with E-state index in [0.717, 1.165) is 6.07 Å². The molecule has 0 aliphatic heterocycles. The summed E-state index contributed by atoms with van der Waals surface area (Å²) < 4.78 is 33.3. The second kappa shape index (κ2) is 12.3. The summed E-state index contributed by atoms with van der Waals surface area (Å²) in [5, 5.41) is 7.56. The van der Waals surface area contributed by atoms with E-state index >= 15 is 0 Å². The van der Waals surface area contributed by atoms with Gasteiger partial charge in [-0.1, -0.05) is 18.2 Å². The summed E-state index contributed by atoms with van der Waals surface area (Å²) in [7, 11) is 1.61. The van der Waals surface area contributed by atoms with Crippen LogP contribution in [-0.2, 0) is 9.59 Å². The van der Waals surface area contributed by atoms with Crippen molar-refractivity contribution in [3.8, 4) is 11.5 Å². The fraction of sp³-hybridized carbons (Fsp3) is 0.0714. The van der Waals surface area contributed by atoms with Crippen molar-refractivity contribution in [2.24, 2.45) is 0 Å². The van der Waals surface area contributed by atoms with Crippen LogP contribution in [0.1, 0.15) is 6.42 Å². The molecule has 198 valence electrons. The van der Waals surface area contributed by atoms with E-state index in [-0.39, 0.29) is 23.0 Å². The van der Waals surface area contributed by atoms with Crippen LogP contribution in [0.15, 0.2) is 91.1 Å². The van der Waals surface area contributed by atoms with Crippen LogP contribution in [0.2, 0.25) is 0 Å². The first kappa shape index (κ1) is 26.7. The molecule has 3 aromatic carbocycles. The highest BCUT2D eigenvalue weighted by atomic mass is 19.1. The Morgan fingerprint density at radius 2 is 1.49 bits per heavy atom. The first-order valence-electron chi connectivity index (χ1n) is 11.7. The molecule has 0 bridgehead atoms. The van der Waals surface area contributed by atoms with Crippen LogP contribution in [0.25, 0.3) is 0 Å². The number of ether oxygens (including phenoxy) is 1. The van der Waals surface area contributed by atoms with Gasteiger partial charge in [-0.25, -0.2) is 18.6 Å². The molecule has 0 saturated heterocycles.